The Kier molecular flexibility index (Phi) is 5.56. The lowest BCUT2D eigenvalue weighted by molar-refractivity contribution is 0.317. The maximum atomic E-state index is 13.0. The first-order valence-corrected chi connectivity index (χ1v) is 6.95. The zero-order chi connectivity index (χ0) is 14.2. The van der Waals surface area contributed by atoms with Crippen molar-refractivity contribution in [2.75, 3.05) is 6.61 Å². The highest BCUT2D eigenvalue weighted by Gasteiger charge is 1.98. The molecule has 0 amide bonds. The van der Waals surface area contributed by atoms with Gasteiger partial charge in [-0.05, 0) is 41.8 Å². The smallest absolute Gasteiger partial charge is 0.123 e. The molecule has 0 saturated heterocycles. The fourth-order valence-electron chi connectivity index (χ4n) is 1.96. The van der Waals surface area contributed by atoms with E-state index in [1.807, 2.05) is 24.3 Å². The summed E-state index contributed by atoms with van der Waals surface area (Å²) in [6.45, 7) is 4.21. The summed E-state index contributed by atoms with van der Waals surface area (Å²) in [5.74, 6) is 0.705. The lowest BCUT2D eigenvalue weighted by Gasteiger charge is -2.08. The number of hydrogen-bond acceptors (Lipinski definition) is 2. The molecule has 0 fully saturated rings. The highest BCUT2D eigenvalue weighted by Crippen LogP contribution is 2.13. The summed E-state index contributed by atoms with van der Waals surface area (Å²) in [4.78, 5) is 0. The minimum Gasteiger partial charge on any atom is -0.494 e. The Labute approximate surface area is 119 Å². The van der Waals surface area contributed by atoms with Crippen molar-refractivity contribution in [2.45, 2.75) is 26.4 Å². The van der Waals surface area contributed by atoms with Gasteiger partial charge in [0, 0.05) is 13.1 Å². The standard InChI is InChI=1S/C17H20FNO/c1-2-9-20-17-8-4-6-15(11-17)13-19-12-14-5-3-7-16(18)10-14/h3-8,10-11,19H,2,9,12-13H2,1H3. The van der Waals surface area contributed by atoms with Crippen LogP contribution in [-0.2, 0) is 13.1 Å². The number of benzene rings is 2. The SMILES string of the molecule is CCCOc1cccc(CNCc2cccc(F)c2)c1. The van der Waals surface area contributed by atoms with Crippen LogP contribution in [0.15, 0.2) is 48.5 Å². The van der Waals surface area contributed by atoms with E-state index in [9.17, 15) is 4.39 Å². The van der Waals surface area contributed by atoms with E-state index in [-0.39, 0.29) is 5.82 Å². The number of ether oxygens (including phenoxy) is 1. The van der Waals surface area contributed by atoms with Gasteiger partial charge in [0.25, 0.3) is 0 Å². The van der Waals surface area contributed by atoms with Gasteiger partial charge in [-0.2, -0.15) is 0 Å². The largest absolute Gasteiger partial charge is 0.494 e. The third-order valence-corrected chi connectivity index (χ3v) is 2.92. The molecule has 0 aliphatic heterocycles. The second-order valence-corrected chi connectivity index (χ2v) is 4.73. The molecule has 0 aromatic heterocycles. The molecule has 0 aliphatic rings. The summed E-state index contributed by atoms with van der Waals surface area (Å²) in [5.41, 5.74) is 2.11. The Bertz CT molecular complexity index is 542. The minimum atomic E-state index is -0.195. The molecule has 2 aromatic rings. The van der Waals surface area contributed by atoms with Crippen molar-refractivity contribution in [1.29, 1.82) is 0 Å². The van der Waals surface area contributed by atoms with Crippen LogP contribution in [0.2, 0.25) is 0 Å². The number of rotatable bonds is 7. The molecule has 0 atom stereocenters. The monoisotopic (exact) mass is 273 g/mol. The Balaban J connectivity index is 1.84. The predicted octanol–water partition coefficient (Wildman–Crippen LogP) is 3.90. The van der Waals surface area contributed by atoms with Crippen LogP contribution in [0, 0.1) is 5.82 Å². The summed E-state index contributed by atoms with van der Waals surface area (Å²) < 4.78 is 18.6. The van der Waals surface area contributed by atoms with Gasteiger partial charge in [-0.25, -0.2) is 4.39 Å². The molecule has 0 saturated carbocycles. The van der Waals surface area contributed by atoms with Gasteiger partial charge in [-0.15, -0.1) is 0 Å². The molecule has 2 rings (SSSR count). The van der Waals surface area contributed by atoms with E-state index in [4.69, 9.17) is 4.74 Å². The molecule has 0 spiro atoms. The van der Waals surface area contributed by atoms with Gasteiger partial charge < -0.3 is 10.1 Å². The van der Waals surface area contributed by atoms with Crippen molar-refractivity contribution < 1.29 is 9.13 Å². The molecular weight excluding hydrogens is 253 g/mol. The summed E-state index contributed by atoms with van der Waals surface area (Å²) in [5, 5.41) is 3.31. The van der Waals surface area contributed by atoms with E-state index in [2.05, 4.69) is 18.3 Å². The van der Waals surface area contributed by atoms with E-state index in [1.54, 1.807) is 12.1 Å². The number of nitrogens with one attached hydrogen (secondary N) is 1. The predicted molar refractivity (Wildman–Crippen MR) is 79.2 cm³/mol. The van der Waals surface area contributed by atoms with E-state index in [0.29, 0.717) is 6.54 Å². The molecule has 2 aromatic carbocycles. The first-order valence-electron chi connectivity index (χ1n) is 6.95. The van der Waals surface area contributed by atoms with Crippen molar-refractivity contribution in [3.8, 4) is 5.75 Å². The molecule has 0 bridgehead atoms. The van der Waals surface area contributed by atoms with E-state index in [1.165, 1.54) is 6.07 Å². The van der Waals surface area contributed by atoms with E-state index in [0.717, 1.165) is 36.4 Å². The molecular formula is C17H20FNO. The fourth-order valence-corrected chi connectivity index (χ4v) is 1.96. The fraction of sp³-hybridized carbons (Fsp3) is 0.294. The van der Waals surface area contributed by atoms with Crippen LogP contribution in [-0.4, -0.2) is 6.61 Å². The maximum Gasteiger partial charge on any atom is 0.123 e. The third kappa shape index (κ3) is 4.67. The molecule has 3 heteroatoms. The zero-order valence-corrected chi connectivity index (χ0v) is 11.7. The molecule has 106 valence electrons. The van der Waals surface area contributed by atoms with Crippen molar-refractivity contribution in [2.24, 2.45) is 0 Å². The quantitative estimate of drug-likeness (QED) is 0.826. The third-order valence-electron chi connectivity index (χ3n) is 2.92. The van der Waals surface area contributed by atoms with Crippen LogP contribution >= 0.6 is 0 Å². The Hall–Kier alpha value is -1.87. The van der Waals surface area contributed by atoms with Crippen molar-refractivity contribution >= 4 is 0 Å². The molecule has 1 N–H and O–H groups in total. The first kappa shape index (κ1) is 14.5. The summed E-state index contributed by atoms with van der Waals surface area (Å²) in [6, 6.07) is 14.7. The van der Waals surface area contributed by atoms with Gasteiger partial charge in [0.2, 0.25) is 0 Å². The van der Waals surface area contributed by atoms with Gasteiger partial charge in [-0.3, -0.25) is 0 Å². The topological polar surface area (TPSA) is 21.3 Å². The maximum absolute atomic E-state index is 13.0. The first-order chi connectivity index (χ1) is 9.78. The second kappa shape index (κ2) is 7.65. The summed E-state index contributed by atoms with van der Waals surface area (Å²) in [7, 11) is 0. The van der Waals surface area contributed by atoms with Crippen LogP contribution < -0.4 is 10.1 Å². The Morgan fingerprint density at radius 3 is 2.40 bits per heavy atom. The molecule has 0 unspecified atom stereocenters. The molecule has 0 heterocycles. The van der Waals surface area contributed by atoms with Gasteiger partial charge in [0.15, 0.2) is 0 Å². The van der Waals surface area contributed by atoms with Gasteiger partial charge >= 0.3 is 0 Å². The Morgan fingerprint density at radius 1 is 1.00 bits per heavy atom. The number of halogens is 1. The van der Waals surface area contributed by atoms with E-state index >= 15 is 0 Å². The summed E-state index contributed by atoms with van der Waals surface area (Å²) in [6.07, 6.45) is 1.00. The second-order valence-electron chi connectivity index (χ2n) is 4.73. The van der Waals surface area contributed by atoms with Crippen molar-refractivity contribution in [1.82, 2.24) is 5.32 Å². The van der Waals surface area contributed by atoms with Crippen molar-refractivity contribution in [3.63, 3.8) is 0 Å². The lowest BCUT2D eigenvalue weighted by atomic mass is 10.2. The lowest BCUT2D eigenvalue weighted by Crippen LogP contribution is -2.12. The minimum absolute atomic E-state index is 0.195. The van der Waals surface area contributed by atoms with Crippen molar-refractivity contribution in [3.05, 3.63) is 65.5 Å². The average Bonchev–Trinajstić information content (AvgIpc) is 2.46. The average molecular weight is 273 g/mol. The van der Waals surface area contributed by atoms with Crippen LogP contribution in [0.5, 0.6) is 5.75 Å². The summed E-state index contributed by atoms with van der Waals surface area (Å²) >= 11 is 0. The van der Waals surface area contributed by atoms with Crippen LogP contribution in [0.4, 0.5) is 4.39 Å². The zero-order valence-electron chi connectivity index (χ0n) is 11.7. The normalized spacial score (nSPS) is 10.5. The molecule has 0 radical (unpaired) electrons. The van der Waals surface area contributed by atoms with Crippen LogP contribution in [0.25, 0.3) is 0 Å². The molecule has 20 heavy (non-hydrogen) atoms. The van der Waals surface area contributed by atoms with Crippen LogP contribution in [0.1, 0.15) is 24.5 Å². The molecule has 2 nitrogen and oxygen atoms in total. The molecule has 0 aliphatic carbocycles. The van der Waals surface area contributed by atoms with Gasteiger partial charge in [0.1, 0.15) is 11.6 Å². The van der Waals surface area contributed by atoms with Crippen LogP contribution in [0.3, 0.4) is 0 Å². The Morgan fingerprint density at radius 2 is 1.70 bits per heavy atom. The van der Waals surface area contributed by atoms with Gasteiger partial charge in [0.05, 0.1) is 6.61 Å². The highest BCUT2D eigenvalue weighted by molar-refractivity contribution is 5.28. The highest BCUT2D eigenvalue weighted by atomic mass is 19.1. The number of hydrogen-bond donors (Lipinski definition) is 1. The van der Waals surface area contributed by atoms with E-state index < -0.39 is 0 Å². The van der Waals surface area contributed by atoms with Gasteiger partial charge in [-0.1, -0.05) is 31.2 Å².